The largest absolute Gasteiger partial charge is 0.446 e. The lowest BCUT2D eigenvalue weighted by atomic mass is 10.1. The fourth-order valence-electron chi connectivity index (χ4n) is 1.45. The van der Waals surface area contributed by atoms with Gasteiger partial charge in [0.05, 0.1) is 0 Å². The molecule has 5 heteroatoms. The molecule has 74 valence electrons. The first-order chi connectivity index (χ1) is 6.09. The number of carbonyl (C=O) groups is 2. The first-order valence-electron chi connectivity index (χ1n) is 4.31. The number of hydrogen-bond acceptors (Lipinski definition) is 3. The summed E-state index contributed by atoms with van der Waals surface area (Å²) in [7, 11) is 0. The van der Waals surface area contributed by atoms with Crippen molar-refractivity contribution < 1.29 is 14.3 Å². The summed E-state index contributed by atoms with van der Waals surface area (Å²) in [5.41, 5.74) is 4.88. The molecule has 1 rings (SSSR count). The van der Waals surface area contributed by atoms with E-state index in [1.54, 1.807) is 4.90 Å². The second kappa shape index (κ2) is 4.11. The van der Waals surface area contributed by atoms with Crippen LogP contribution in [0.4, 0.5) is 4.79 Å². The predicted octanol–water partition coefficient (Wildman–Crippen LogP) is 0.0926. The Morgan fingerprint density at radius 3 is 2.31 bits per heavy atom. The number of piperidine rings is 1. The molecule has 13 heavy (non-hydrogen) atoms. The molecule has 0 aromatic carbocycles. The molecule has 1 saturated heterocycles. The summed E-state index contributed by atoms with van der Waals surface area (Å²) < 4.78 is 4.82. The van der Waals surface area contributed by atoms with Crippen molar-refractivity contribution in [3.05, 3.63) is 0 Å². The summed E-state index contributed by atoms with van der Waals surface area (Å²) in [5.74, 6) is 0.0672. The molecule has 0 aromatic heterocycles. The minimum atomic E-state index is -0.735. The summed E-state index contributed by atoms with van der Waals surface area (Å²) in [6, 6.07) is 0. The fraction of sp³-hybridized carbons (Fsp3) is 0.750. The number of carbonyl (C=O) groups excluding carboxylic acids is 2. The summed E-state index contributed by atoms with van der Waals surface area (Å²) in [5, 5.41) is 0. The van der Waals surface area contributed by atoms with Crippen molar-refractivity contribution in [3.63, 3.8) is 0 Å². The van der Waals surface area contributed by atoms with Gasteiger partial charge in [0.1, 0.15) is 6.10 Å². The molecule has 0 unspecified atom stereocenters. The van der Waals surface area contributed by atoms with E-state index < -0.39 is 6.09 Å². The summed E-state index contributed by atoms with van der Waals surface area (Å²) >= 11 is 0. The second-order valence-corrected chi connectivity index (χ2v) is 3.14. The Morgan fingerprint density at radius 2 is 1.92 bits per heavy atom. The Balaban J connectivity index is 2.30. The molecule has 0 bridgehead atoms. The van der Waals surface area contributed by atoms with E-state index in [-0.39, 0.29) is 12.0 Å². The lowest BCUT2D eigenvalue weighted by Crippen LogP contribution is -2.40. The molecule has 0 aromatic rings. The van der Waals surface area contributed by atoms with Crippen LogP contribution in [-0.4, -0.2) is 36.1 Å². The lowest BCUT2D eigenvalue weighted by Gasteiger charge is -2.30. The quantitative estimate of drug-likeness (QED) is 0.630. The molecule has 2 amide bonds. The number of ether oxygens (including phenoxy) is 1. The van der Waals surface area contributed by atoms with E-state index in [2.05, 4.69) is 0 Å². The van der Waals surface area contributed by atoms with E-state index in [9.17, 15) is 9.59 Å². The topological polar surface area (TPSA) is 72.6 Å². The molecule has 1 aliphatic rings. The van der Waals surface area contributed by atoms with E-state index in [0.29, 0.717) is 25.9 Å². The van der Waals surface area contributed by atoms with Gasteiger partial charge in [0.25, 0.3) is 0 Å². The fourth-order valence-corrected chi connectivity index (χ4v) is 1.45. The van der Waals surface area contributed by atoms with Gasteiger partial charge in [-0.2, -0.15) is 0 Å². The van der Waals surface area contributed by atoms with Gasteiger partial charge in [-0.3, -0.25) is 4.79 Å². The van der Waals surface area contributed by atoms with Crippen LogP contribution in [0.15, 0.2) is 0 Å². The predicted molar refractivity (Wildman–Crippen MR) is 45.9 cm³/mol. The highest BCUT2D eigenvalue weighted by Crippen LogP contribution is 2.13. The number of nitrogens with two attached hydrogens (primary N) is 1. The number of primary amides is 1. The maximum atomic E-state index is 10.9. The highest BCUT2D eigenvalue weighted by Gasteiger charge is 2.22. The molecule has 2 N–H and O–H groups in total. The van der Waals surface area contributed by atoms with Crippen LogP contribution in [0.3, 0.4) is 0 Å². The van der Waals surface area contributed by atoms with Gasteiger partial charge < -0.3 is 15.4 Å². The Hall–Kier alpha value is -1.26. The van der Waals surface area contributed by atoms with Crippen LogP contribution in [0.2, 0.25) is 0 Å². The van der Waals surface area contributed by atoms with Crippen molar-refractivity contribution in [1.29, 1.82) is 0 Å². The third-order valence-electron chi connectivity index (χ3n) is 2.17. The van der Waals surface area contributed by atoms with Crippen LogP contribution in [-0.2, 0) is 9.53 Å². The zero-order valence-electron chi connectivity index (χ0n) is 7.66. The molecule has 0 spiro atoms. The first-order valence-corrected chi connectivity index (χ1v) is 4.31. The molecule has 5 nitrogen and oxygen atoms in total. The number of amides is 2. The summed E-state index contributed by atoms with van der Waals surface area (Å²) in [6.07, 6.45) is 0.514. The molecule has 1 fully saturated rings. The number of nitrogens with zero attached hydrogens (tertiary/aromatic N) is 1. The van der Waals surface area contributed by atoms with Gasteiger partial charge in [0.15, 0.2) is 0 Å². The maximum absolute atomic E-state index is 10.9. The van der Waals surface area contributed by atoms with E-state index in [1.807, 2.05) is 0 Å². The van der Waals surface area contributed by atoms with Crippen molar-refractivity contribution in [2.75, 3.05) is 13.1 Å². The molecular formula is C8H14N2O3. The van der Waals surface area contributed by atoms with Gasteiger partial charge in [0.2, 0.25) is 5.91 Å². The number of likely N-dealkylation sites (tertiary alicyclic amines) is 1. The smallest absolute Gasteiger partial charge is 0.404 e. The zero-order valence-corrected chi connectivity index (χ0v) is 7.66. The third kappa shape index (κ3) is 2.93. The van der Waals surface area contributed by atoms with Crippen LogP contribution >= 0.6 is 0 Å². The molecule has 1 aliphatic heterocycles. The van der Waals surface area contributed by atoms with Gasteiger partial charge in [-0.1, -0.05) is 0 Å². The van der Waals surface area contributed by atoms with E-state index >= 15 is 0 Å². The maximum Gasteiger partial charge on any atom is 0.404 e. The van der Waals surface area contributed by atoms with Crippen LogP contribution in [0.25, 0.3) is 0 Å². The van der Waals surface area contributed by atoms with Crippen molar-refractivity contribution in [1.82, 2.24) is 4.90 Å². The van der Waals surface area contributed by atoms with Gasteiger partial charge in [-0.25, -0.2) is 4.79 Å². The van der Waals surface area contributed by atoms with Crippen molar-refractivity contribution in [2.45, 2.75) is 25.9 Å². The van der Waals surface area contributed by atoms with Gasteiger partial charge in [0, 0.05) is 32.9 Å². The molecule has 0 atom stereocenters. The SMILES string of the molecule is CC(=O)N1CCC(OC(N)=O)CC1. The highest BCUT2D eigenvalue weighted by molar-refractivity contribution is 5.73. The van der Waals surface area contributed by atoms with Crippen molar-refractivity contribution >= 4 is 12.0 Å². The average molecular weight is 186 g/mol. The van der Waals surface area contributed by atoms with E-state index in [1.165, 1.54) is 6.92 Å². The molecular weight excluding hydrogens is 172 g/mol. The standard InChI is InChI=1S/C8H14N2O3/c1-6(11)10-4-2-7(3-5-10)13-8(9)12/h7H,2-5H2,1H3,(H2,9,12). The van der Waals surface area contributed by atoms with E-state index in [0.717, 1.165) is 0 Å². The Kier molecular flexibility index (Phi) is 3.11. The lowest BCUT2D eigenvalue weighted by molar-refractivity contribution is -0.130. The van der Waals surface area contributed by atoms with Gasteiger partial charge >= 0.3 is 6.09 Å². The summed E-state index contributed by atoms with van der Waals surface area (Å²) in [6.45, 7) is 2.83. The minimum Gasteiger partial charge on any atom is -0.446 e. The molecule has 0 saturated carbocycles. The first kappa shape index (κ1) is 9.83. The van der Waals surface area contributed by atoms with Crippen LogP contribution in [0.5, 0.6) is 0 Å². The average Bonchev–Trinajstić information content (AvgIpc) is 2.04. The van der Waals surface area contributed by atoms with Crippen LogP contribution < -0.4 is 5.73 Å². The van der Waals surface area contributed by atoms with E-state index in [4.69, 9.17) is 10.5 Å². The Bertz CT molecular complexity index is 209. The Labute approximate surface area is 76.8 Å². The van der Waals surface area contributed by atoms with Crippen LogP contribution in [0.1, 0.15) is 19.8 Å². The number of rotatable bonds is 1. The third-order valence-corrected chi connectivity index (χ3v) is 2.17. The highest BCUT2D eigenvalue weighted by atomic mass is 16.6. The monoisotopic (exact) mass is 186 g/mol. The molecule has 1 heterocycles. The van der Waals surface area contributed by atoms with Gasteiger partial charge in [-0.15, -0.1) is 0 Å². The molecule has 0 aliphatic carbocycles. The Morgan fingerprint density at radius 1 is 1.38 bits per heavy atom. The van der Waals surface area contributed by atoms with Crippen molar-refractivity contribution in [2.24, 2.45) is 5.73 Å². The summed E-state index contributed by atoms with van der Waals surface area (Å²) in [4.78, 5) is 23.1. The molecule has 0 radical (unpaired) electrons. The van der Waals surface area contributed by atoms with Crippen LogP contribution in [0, 0.1) is 0 Å². The van der Waals surface area contributed by atoms with Crippen molar-refractivity contribution in [3.8, 4) is 0 Å². The minimum absolute atomic E-state index is 0.0672. The normalized spacial score (nSPS) is 18.4. The number of hydrogen-bond donors (Lipinski definition) is 1. The second-order valence-electron chi connectivity index (χ2n) is 3.14. The zero-order chi connectivity index (χ0) is 9.84. The van der Waals surface area contributed by atoms with Gasteiger partial charge in [-0.05, 0) is 0 Å².